The lowest BCUT2D eigenvalue weighted by Gasteiger charge is -2.11. The van der Waals surface area contributed by atoms with Gasteiger partial charge in [-0.25, -0.2) is 0 Å². The van der Waals surface area contributed by atoms with Crippen molar-refractivity contribution >= 4 is 11.6 Å². The second-order valence-electron chi connectivity index (χ2n) is 5.28. The fraction of sp³-hybridized carbons (Fsp3) is 0.278. The number of hydrogen-bond donors (Lipinski definition) is 2. The van der Waals surface area contributed by atoms with Crippen molar-refractivity contribution < 1.29 is 9.53 Å². The Morgan fingerprint density at radius 1 is 1.14 bits per heavy atom. The summed E-state index contributed by atoms with van der Waals surface area (Å²) in [6.45, 7) is 4.84. The van der Waals surface area contributed by atoms with E-state index >= 15 is 0 Å². The minimum atomic E-state index is -0.0522. The molecule has 4 nitrogen and oxygen atoms in total. The number of amides is 1. The Morgan fingerprint density at radius 2 is 1.91 bits per heavy atom. The first-order chi connectivity index (χ1) is 10.6. The van der Waals surface area contributed by atoms with E-state index in [9.17, 15) is 4.79 Å². The van der Waals surface area contributed by atoms with Crippen LogP contribution in [-0.2, 0) is 11.3 Å². The number of carbonyl (C=O) groups excluding carboxylic acids is 1. The number of methoxy groups -OCH3 is 1. The molecule has 22 heavy (non-hydrogen) atoms. The number of ether oxygens (including phenoxy) is 1. The van der Waals surface area contributed by atoms with Crippen molar-refractivity contribution in [2.75, 3.05) is 19.0 Å². The maximum absolute atomic E-state index is 12.0. The molecule has 0 bridgehead atoms. The van der Waals surface area contributed by atoms with Crippen molar-refractivity contribution in [3.05, 3.63) is 59.2 Å². The molecule has 4 heteroatoms. The highest BCUT2D eigenvalue weighted by molar-refractivity contribution is 5.93. The molecule has 0 unspecified atom stereocenters. The molecule has 0 spiro atoms. The molecule has 2 aromatic rings. The van der Waals surface area contributed by atoms with E-state index in [0.717, 1.165) is 28.1 Å². The molecule has 0 saturated carbocycles. The van der Waals surface area contributed by atoms with E-state index in [1.165, 1.54) is 0 Å². The standard InChI is InChI=1S/C18H22N2O2/c1-13-8-9-14(2)16(10-13)20-18(21)12-19-11-15-6-4-5-7-17(15)22-3/h4-10,19H,11-12H2,1-3H3,(H,20,21). The lowest BCUT2D eigenvalue weighted by molar-refractivity contribution is -0.115. The highest BCUT2D eigenvalue weighted by Crippen LogP contribution is 2.17. The van der Waals surface area contributed by atoms with E-state index < -0.39 is 0 Å². The fourth-order valence-corrected chi connectivity index (χ4v) is 2.22. The van der Waals surface area contributed by atoms with Crippen LogP contribution in [0.2, 0.25) is 0 Å². The molecule has 2 rings (SSSR count). The van der Waals surface area contributed by atoms with Crippen LogP contribution in [0.25, 0.3) is 0 Å². The van der Waals surface area contributed by atoms with Crippen molar-refractivity contribution in [2.45, 2.75) is 20.4 Å². The molecular weight excluding hydrogens is 276 g/mol. The lowest BCUT2D eigenvalue weighted by Crippen LogP contribution is -2.28. The van der Waals surface area contributed by atoms with E-state index in [4.69, 9.17) is 4.74 Å². The second-order valence-corrected chi connectivity index (χ2v) is 5.28. The van der Waals surface area contributed by atoms with Crippen LogP contribution < -0.4 is 15.4 Å². The van der Waals surface area contributed by atoms with Crippen molar-refractivity contribution in [1.29, 1.82) is 0 Å². The van der Waals surface area contributed by atoms with Crippen LogP contribution in [0.1, 0.15) is 16.7 Å². The van der Waals surface area contributed by atoms with E-state index in [1.807, 2.05) is 56.3 Å². The molecule has 0 radical (unpaired) electrons. The average Bonchev–Trinajstić information content (AvgIpc) is 2.51. The Balaban J connectivity index is 1.87. The van der Waals surface area contributed by atoms with Gasteiger partial charge in [-0.3, -0.25) is 4.79 Å². The molecule has 0 aliphatic carbocycles. The third-order valence-corrected chi connectivity index (χ3v) is 3.46. The van der Waals surface area contributed by atoms with Crippen LogP contribution in [0.15, 0.2) is 42.5 Å². The predicted molar refractivity (Wildman–Crippen MR) is 89.2 cm³/mol. The summed E-state index contributed by atoms with van der Waals surface area (Å²) in [5.74, 6) is 0.772. The topological polar surface area (TPSA) is 50.4 Å². The van der Waals surface area contributed by atoms with Gasteiger partial charge in [0.05, 0.1) is 13.7 Å². The maximum Gasteiger partial charge on any atom is 0.238 e. The van der Waals surface area contributed by atoms with Crippen molar-refractivity contribution in [3.8, 4) is 5.75 Å². The first kappa shape index (κ1) is 16.0. The molecular formula is C18H22N2O2. The molecule has 1 amide bonds. The smallest absolute Gasteiger partial charge is 0.238 e. The number of benzene rings is 2. The van der Waals surface area contributed by atoms with Gasteiger partial charge in [-0.05, 0) is 37.1 Å². The summed E-state index contributed by atoms with van der Waals surface area (Å²) in [6, 6.07) is 13.8. The highest BCUT2D eigenvalue weighted by Gasteiger charge is 2.06. The van der Waals surface area contributed by atoms with Crippen molar-refractivity contribution in [3.63, 3.8) is 0 Å². The molecule has 0 fully saturated rings. The molecule has 0 saturated heterocycles. The summed E-state index contributed by atoms with van der Waals surface area (Å²) in [5, 5.41) is 6.07. The predicted octanol–water partition coefficient (Wildman–Crippen LogP) is 3.04. The first-order valence-electron chi connectivity index (χ1n) is 7.30. The van der Waals surface area contributed by atoms with Gasteiger partial charge in [0.25, 0.3) is 0 Å². The molecule has 0 heterocycles. The number of nitrogens with one attached hydrogen (secondary N) is 2. The minimum Gasteiger partial charge on any atom is -0.496 e. The summed E-state index contributed by atoms with van der Waals surface area (Å²) in [6.07, 6.45) is 0. The average molecular weight is 298 g/mol. The molecule has 0 atom stereocenters. The van der Waals surface area contributed by atoms with E-state index in [1.54, 1.807) is 7.11 Å². The summed E-state index contributed by atoms with van der Waals surface area (Å²) in [7, 11) is 1.64. The minimum absolute atomic E-state index is 0.0522. The number of rotatable bonds is 6. The van der Waals surface area contributed by atoms with E-state index in [-0.39, 0.29) is 12.5 Å². The number of hydrogen-bond acceptors (Lipinski definition) is 3. The number of carbonyl (C=O) groups is 1. The second kappa shape index (κ2) is 7.61. The van der Waals surface area contributed by atoms with Gasteiger partial charge in [0.1, 0.15) is 5.75 Å². The zero-order chi connectivity index (χ0) is 15.9. The van der Waals surface area contributed by atoms with Gasteiger partial charge >= 0.3 is 0 Å². The van der Waals surface area contributed by atoms with Gasteiger partial charge in [-0.1, -0.05) is 30.3 Å². The number of anilines is 1. The van der Waals surface area contributed by atoms with Gasteiger partial charge in [0, 0.05) is 17.8 Å². The normalized spacial score (nSPS) is 10.3. The summed E-state index contributed by atoms with van der Waals surface area (Å²) >= 11 is 0. The fourth-order valence-electron chi connectivity index (χ4n) is 2.22. The molecule has 0 aliphatic rings. The zero-order valence-corrected chi connectivity index (χ0v) is 13.3. The van der Waals surface area contributed by atoms with Crippen LogP contribution in [0.3, 0.4) is 0 Å². The quantitative estimate of drug-likeness (QED) is 0.862. The van der Waals surface area contributed by atoms with Crippen LogP contribution in [0.5, 0.6) is 5.75 Å². The number of aryl methyl sites for hydroxylation is 2. The summed E-state index contributed by atoms with van der Waals surface area (Å²) in [4.78, 5) is 12.0. The van der Waals surface area contributed by atoms with Crippen LogP contribution in [0, 0.1) is 13.8 Å². The SMILES string of the molecule is COc1ccccc1CNCC(=O)Nc1cc(C)ccc1C. The molecule has 0 aliphatic heterocycles. The molecule has 2 N–H and O–H groups in total. The molecule has 2 aromatic carbocycles. The first-order valence-corrected chi connectivity index (χ1v) is 7.30. The Kier molecular flexibility index (Phi) is 5.55. The van der Waals surface area contributed by atoms with Gasteiger partial charge in [0.2, 0.25) is 5.91 Å². The van der Waals surface area contributed by atoms with Gasteiger partial charge in [-0.2, -0.15) is 0 Å². The molecule has 0 aromatic heterocycles. The largest absolute Gasteiger partial charge is 0.496 e. The van der Waals surface area contributed by atoms with Crippen LogP contribution in [0.4, 0.5) is 5.69 Å². The van der Waals surface area contributed by atoms with E-state index in [0.29, 0.717) is 6.54 Å². The molecule has 116 valence electrons. The Hall–Kier alpha value is -2.33. The summed E-state index contributed by atoms with van der Waals surface area (Å²) in [5.41, 5.74) is 4.08. The van der Waals surface area contributed by atoms with Gasteiger partial charge < -0.3 is 15.4 Å². The Morgan fingerprint density at radius 3 is 2.68 bits per heavy atom. The van der Waals surface area contributed by atoms with Crippen LogP contribution in [-0.4, -0.2) is 19.6 Å². The van der Waals surface area contributed by atoms with Crippen molar-refractivity contribution in [1.82, 2.24) is 5.32 Å². The van der Waals surface area contributed by atoms with E-state index in [2.05, 4.69) is 10.6 Å². The maximum atomic E-state index is 12.0. The zero-order valence-electron chi connectivity index (χ0n) is 13.3. The van der Waals surface area contributed by atoms with Gasteiger partial charge in [-0.15, -0.1) is 0 Å². The third kappa shape index (κ3) is 4.33. The third-order valence-electron chi connectivity index (χ3n) is 3.46. The Bertz CT molecular complexity index is 653. The Labute approximate surface area is 131 Å². The lowest BCUT2D eigenvalue weighted by atomic mass is 10.1. The number of para-hydroxylation sites is 1. The van der Waals surface area contributed by atoms with Gasteiger partial charge in [0.15, 0.2) is 0 Å². The highest BCUT2D eigenvalue weighted by atomic mass is 16.5. The van der Waals surface area contributed by atoms with Crippen LogP contribution >= 0.6 is 0 Å². The monoisotopic (exact) mass is 298 g/mol. The summed E-state index contributed by atoms with van der Waals surface area (Å²) < 4.78 is 5.29. The van der Waals surface area contributed by atoms with Crippen molar-refractivity contribution in [2.24, 2.45) is 0 Å².